The Balaban J connectivity index is 1.70. The van der Waals surface area contributed by atoms with Crippen molar-refractivity contribution in [2.45, 2.75) is 46.0 Å². The molecule has 2 aliphatic rings. The molecule has 2 rings (SSSR count). The standard InChI is InChI=1S/C17H29N3O4/c1-17(2,15(22)23)7-8-18-14(21)13-5-11-20(12-6-13)16(24)19-9-3-4-10-19/h13H,3-12H2,1-2H3,(H,18,21)(H,22,23). The number of amides is 3. The number of likely N-dealkylation sites (tertiary alicyclic amines) is 2. The molecule has 0 atom stereocenters. The van der Waals surface area contributed by atoms with Crippen LogP contribution >= 0.6 is 0 Å². The zero-order chi connectivity index (χ0) is 17.7. The van der Waals surface area contributed by atoms with Crippen LogP contribution in [0.1, 0.15) is 46.0 Å². The Morgan fingerprint density at radius 1 is 1.04 bits per heavy atom. The summed E-state index contributed by atoms with van der Waals surface area (Å²) >= 11 is 0. The number of hydrogen-bond donors (Lipinski definition) is 2. The van der Waals surface area contributed by atoms with Gasteiger partial charge < -0.3 is 20.2 Å². The van der Waals surface area contributed by atoms with E-state index in [1.807, 2.05) is 9.80 Å². The van der Waals surface area contributed by atoms with Gasteiger partial charge in [-0.05, 0) is 46.0 Å². The fraction of sp³-hybridized carbons (Fsp3) is 0.824. The Hall–Kier alpha value is -1.79. The second-order valence-electron chi connectivity index (χ2n) is 7.47. The smallest absolute Gasteiger partial charge is 0.319 e. The van der Waals surface area contributed by atoms with Crippen LogP contribution in [-0.2, 0) is 9.59 Å². The number of rotatable bonds is 5. The zero-order valence-electron chi connectivity index (χ0n) is 14.7. The van der Waals surface area contributed by atoms with Gasteiger partial charge in [0.1, 0.15) is 0 Å². The van der Waals surface area contributed by atoms with E-state index in [4.69, 9.17) is 5.11 Å². The molecule has 7 nitrogen and oxygen atoms in total. The second-order valence-corrected chi connectivity index (χ2v) is 7.47. The third kappa shape index (κ3) is 4.61. The molecule has 0 aromatic heterocycles. The second kappa shape index (κ2) is 7.85. The first kappa shape index (κ1) is 18.5. The molecule has 2 N–H and O–H groups in total. The zero-order valence-corrected chi connectivity index (χ0v) is 14.7. The minimum Gasteiger partial charge on any atom is -0.481 e. The summed E-state index contributed by atoms with van der Waals surface area (Å²) in [4.78, 5) is 39.3. The molecule has 3 amide bonds. The van der Waals surface area contributed by atoms with E-state index < -0.39 is 11.4 Å². The fourth-order valence-corrected chi connectivity index (χ4v) is 3.19. The lowest BCUT2D eigenvalue weighted by Gasteiger charge is -2.34. The maximum atomic E-state index is 12.3. The molecule has 0 saturated carbocycles. The van der Waals surface area contributed by atoms with E-state index in [-0.39, 0.29) is 17.9 Å². The van der Waals surface area contributed by atoms with Crippen LogP contribution in [0.5, 0.6) is 0 Å². The van der Waals surface area contributed by atoms with Crippen molar-refractivity contribution in [1.29, 1.82) is 0 Å². The minimum atomic E-state index is -0.856. The van der Waals surface area contributed by atoms with Gasteiger partial charge in [0.15, 0.2) is 0 Å². The average molecular weight is 339 g/mol. The van der Waals surface area contributed by atoms with Gasteiger partial charge in [0.05, 0.1) is 5.41 Å². The molecule has 0 aromatic carbocycles. The molecule has 0 bridgehead atoms. The number of carboxylic acids is 1. The van der Waals surface area contributed by atoms with E-state index in [0.717, 1.165) is 25.9 Å². The highest BCUT2D eigenvalue weighted by molar-refractivity contribution is 5.80. The van der Waals surface area contributed by atoms with Crippen molar-refractivity contribution in [2.24, 2.45) is 11.3 Å². The van der Waals surface area contributed by atoms with Crippen LogP contribution in [-0.4, -0.2) is 65.5 Å². The molecule has 136 valence electrons. The first-order chi connectivity index (χ1) is 11.3. The molecule has 2 fully saturated rings. The van der Waals surface area contributed by atoms with E-state index in [2.05, 4.69) is 5.32 Å². The van der Waals surface area contributed by atoms with Crippen LogP contribution in [0.2, 0.25) is 0 Å². The van der Waals surface area contributed by atoms with E-state index in [0.29, 0.717) is 38.9 Å². The summed E-state index contributed by atoms with van der Waals surface area (Å²) in [6.45, 7) is 6.61. The predicted molar refractivity (Wildman–Crippen MR) is 89.5 cm³/mol. The van der Waals surface area contributed by atoms with Crippen molar-refractivity contribution < 1.29 is 19.5 Å². The van der Waals surface area contributed by atoms with Gasteiger partial charge >= 0.3 is 12.0 Å². The number of urea groups is 1. The molecule has 7 heteroatoms. The van der Waals surface area contributed by atoms with E-state index in [1.54, 1.807) is 13.8 Å². The van der Waals surface area contributed by atoms with Crippen molar-refractivity contribution in [1.82, 2.24) is 15.1 Å². The summed E-state index contributed by atoms with van der Waals surface area (Å²) in [6, 6.07) is 0.106. The molecule has 2 heterocycles. The Labute approximate surface area is 143 Å². The largest absolute Gasteiger partial charge is 0.481 e. The topological polar surface area (TPSA) is 90.0 Å². The Bertz CT molecular complexity index is 478. The molecular formula is C17H29N3O4. The molecule has 0 radical (unpaired) electrons. The van der Waals surface area contributed by atoms with Gasteiger partial charge in [0, 0.05) is 38.6 Å². The Kier molecular flexibility index (Phi) is 6.07. The molecule has 0 aromatic rings. The Morgan fingerprint density at radius 2 is 1.58 bits per heavy atom. The Morgan fingerprint density at radius 3 is 2.12 bits per heavy atom. The number of carbonyl (C=O) groups is 3. The first-order valence-corrected chi connectivity index (χ1v) is 8.86. The van der Waals surface area contributed by atoms with Crippen LogP contribution in [0, 0.1) is 11.3 Å². The van der Waals surface area contributed by atoms with Crippen LogP contribution in [0.15, 0.2) is 0 Å². The van der Waals surface area contributed by atoms with E-state index in [1.165, 1.54) is 0 Å². The number of nitrogens with one attached hydrogen (secondary N) is 1. The number of carboxylic acid groups (broad SMARTS) is 1. The number of nitrogens with zero attached hydrogens (tertiary/aromatic N) is 2. The third-order valence-corrected chi connectivity index (χ3v) is 5.14. The van der Waals surface area contributed by atoms with Gasteiger partial charge in [-0.1, -0.05) is 0 Å². The average Bonchev–Trinajstić information content (AvgIpc) is 3.08. The molecular weight excluding hydrogens is 310 g/mol. The van der Waals surface area contributed by atoms with Gasteiger partial charge in [-0.2, -0.15) is 0 Å². The van der Waals surface area contributed by atoms with Crippen LogP contribution in [0.4, 0.5) is 4.79 Å². The monoisotopic (exact) mass is 339 g/mol. The summed E-state index contributed by atoms with van der Waals surface area (Å²) in [7, 11) is 0. The molecule has 2 aliphatic heterocycles. The molecule has 2 saturated heterocycles. The summed E-state index contributed by atoms with van der Waals surface area (Å²) < 4.78 is 0. The fourth-order valence-electron chi connectivity index (χ4n) is 3.19. The summed E-state index contributed by atoms with van der Waals surface area (Å²) in [6.07, 6.45) is 3.91. The van der Waals surface area contributed by atoms with Crippen LogP contribution in [0.25, 0.3) is 0 Å². The van der Waals surface area contributed by atoms with Gasteiger partial charge in [0.25, 0.3) is 0 Å². The van der Waals surface area contributed by atoms with Crippen molar-refractivity contribution in [3.05, 3.63) is 0 Å². The molecule has 0 unspecified atom stereocenters. The number of piperidine rings is 1. The quantitative estimate of drug-likeness (QED) is 0.795. The molecule has 24 heavy (non-hydrogen) atoms. The molecule has 0 aliphatic carbocycles. The van der Waals surface area contributed by atoms with Crippen LogP contribution in [0.3, 0.4) is 0 Å². The van der Waals surface area contributed by atoms with Crippen molar-refractivity contribution >= 4 is 17.9 Å². The first-order valence-electron chi connectivity index (χ1n) is 8.86. The summed E-state index contributed by atoms with van der Waals surface area (Å²) in [5, 5.41) is 11.9. The third-order valence-electron chi connectivity index (χ3n) is 5.14. The summed E-state index contributed by atoms with van der Waals surface area (Å²) in [5.41, 5.74) is -0.835. The number of aliphatic carboxylic acids is 1. The highest BCUT2D eigenvalue weighted by Crippen LogP contribution is 2.22. The maximum Gasteiger partial charge on any atom is 0.319 e. The maximum absolute atomic E-state index is 12.3. The minimum absolute atomic E-state index is 0.0236. The lowest BCUT2D eigenvalue weighted by molar-refractivity contribution is -0.147. The summed E-state index contributed by atoms with van der Waals surface area (Å²) in [5.74, 6) is -0.962. The highest BCUT2D eigenvalue weighted by Gasteiger charge is 2.31. The predicted octanol–water partition coefficient (Wildman–Crippen LogP) is 1.53. The number of hydrogen-bond acceptors (Lipinski definition) is 3. The highest BCUT2D eigenvalue weighted by atomic mass is 16.4. The van der Waals surface area contributed by atoms with Gasteiger partial charge in [0.2, 0.25) is 5.91 Å². The number of carbonyl (C=O) groups excluding carboxylic acids is 2. The van der Waals surface area contributed by atoms with Gasteiger partial charge in [-0.15, -0.1) is 0 Å². The van der Waals surface area contributed by atoms with E-state index in [9.17, 15) is 14.4 Å². The van der Waals surface area contributed by atoms with E-state index >= 15 is 0 Å². The SMILES string of the molecule is CC(C)(CCNC(=O)C1CCN(C(=O)N2CCCC2)CC1)C(=O)O. The van der Waals surface area contributed by atoms with Crippen LogP contribution < -0.4 is 5.32 Å². The van der Waals surface area contributed by atoms with Gasteiger partial charge in [-0.3, -0.25) is 9.59 Å². The van der Waals surface area contributed by atoms with Gasteiger partial charge in [-0.25, -0.2) is 4.79 Å². The molecule has 0 spiro atoms. The van der Waals surface area contributed by atoms with Crippen molar-refractivity contribution in [3.63, 3.8) is 0 Å². The normalized spacial score (nSPS) is 19.4. The lowest BCUT2D eigenvalue weighted by atomic mass is 9.89. The van der Waals surface area contributed by atoms with Crippen molar-refractivity contribution in [2.75, 3.05) is 32.7 Å². The van der Waals surface area contributed by atoms with Crippen molar-refractivity contribution in [3.8, 4) is 0 Å². The lowest BCUT2D eigenvalue weighted by Crippen LogP contribution is -2.48.